The van der Waals surface area contributed by atoms with Crippen molar-refractivity contribution < 1.29 is 19.0 Å². The lowest BCUT2D eigenvalue weighted by atomic mass is 10.1. The van der Waals surface area contributed by atoms with Crippen LogP contribution < -0.4 is 14.8 Å². The maximum atomic E-state index is 11.0. The summed E-state index contributed by atoms with van der Waals surface area (Å²) in [6, 6.07) is 5.25. The summed E-state index contributed by atoms with van der Waals surface area (Å²) in [5.41, 5.74) is 0.804. The minimum Gasteiger partial charge on any atom is -0.496 e. The van der Waals surface area contributed by atoms with Crippen LogP contribution in [-0.4, -0.2) is 26.9 Å². The molecule has 1 N–H and O–H groups in total. The second-order valence-corrected chi connectivity index (χ2v) is 3.37. The first-order chi connectivity index (χ1) is 7.76. The second-order valence-electron chi connectivity index (χ2n) is 3.37. The third-order valence-electron chi connectivity index (χ3n) is 2.49. The van der Waals surface area contributed by atoms with Gasteiger partial charge in [-0.2, -0.15) is 0 Å². The zero-order valence-electron chi connectivity index (χ0n) is 9.56. The summed E-state index contributed by atoms with van der Waals surface area (Å²) < 4.78 is 15.4. The number of cyclic esters (lactones) is 1. The molecule has 6 heteroatoms. The van der Waals surface area contributed by atoms with Gasteiger partial charge in [0.15, 0.2) is 0 Å². The number of carbonyl (C=O) groups excluding carboxylic acids is 1. The summed E-state index contributed by atoms with van der Waals surface area (Å²) in [6.07, 6.45) is -0.419. The summed E-state index contributed by atoms with van der Waals surface area (Å²) in [5, 5.41) is 2.70. The Balaban J connectivity index is 0.00000144. The molecule has 1 saturated heterocycles. The number of nitrogens with one attached hydrogen (secondary N) is 1. The average Bonchev–Trinajstić information content (AvgIpc) is 2.74. The van der Waals surface area contributed by atoms with Crippen molar-refractivity contribution in [1.29, 1.82) is 0 Å². The molecule has 0 unspecified atom stereocenters. The SMILES string of the molecule is COc1cccc(OC)c1[C@@H]1COC(=O)N1.Cl. The first-order valence-corrected chi connectivity index (χ1v) is 4.90. The van der Waals surface area contributed by atoms with Crippen LogP contribution in [0.2, 0.25) is 0 Å². The molecule has 1 aliphatic heterocycles. The standard InChI is InChI=1S/C11H13NO4.ClH/c1-14-8-4-3-5-9(15-2)10(8)7-6-16-11(13)12-7;/h3-5,7H,6H2,1-2H3,(H,12,13);1H/t7-;/m0./s1. The van der Waals surface area contributed by atoms with Gasteiger partial charge in [0.2, 0.25) is 0 Å². The van der Waals surface area contributed by atoms with Gasteiger partial charge in [0.1, 0.15) is 18.1 Å². The van der Waals surface area contributed by atoms with E-state index in [9.17, 15) is 4.79 Å². The molecule has 0 bridgehead atoms. The molecular formula is C11H14ClNO4. The zero-order chi connectivity index (χ0) is 11.5. The van der Waals surface area contributed by atoms with Crippen molar-refractivity contribution in [3.63, 3.8) is 0 Å². The van der Waals surface area contributed by atoms with E-state index in [1.54, 1.807) is 14.2 Å². The average molecular weight is 260 g/mol. The van der Waals surface area contributed by atoms with E-state index in [1.807, 2.05) is 18.2 Å². The molecule has 1 aromatic rings. The Kier molecular flexibility index (Phi) is 4.45. The van der Waals surface area contributed by atoms with E-state index < -0.39 is 6.09 Å². The fourth-order valence-corrected chi connectivity index (χ4v) is 1.76. The summed E-state index contributed by atoms with van der Waals surface area (Å²) in [5.74, 6) is 1.35. The van der Waals surface area contributed by atoms with Gasteiger partial charge >= 0.3 is 6.09 Å². The molecule has 0 aromatic heterocycles. The first-order valence-electron chi connectivity index (χ1n) is 4.90. The third-order valence-corrected chi connectivity index (χ3v) is 2.49. The molecule has 2 rings (SSSR count). The van der Waals surface area contributed by atoms with Crippen LogP contribution >= 0.6 is 12.4 Å². The number of methoxy groups -OCH3 is 2. The molecule has 1 aromatic carbocycles. The highest BCUT2D eigenvalue weighted by Crippen LogP contribution is 2.35. The van der Waals surface area contributed by atoms with Crippen LogP contribution in [0.3, 0.4) is 0 Å². The first kappa shape index (κ1) is 13.4. The van der Waals surface area contributed by atoms with Crippen LogP contribution in [-0.2, 0) is 4.74 Å². The Hall–Kier alpha value is -1.62. The molecule has 1 fully saturated rings. The number of ether oxygens (including phenoxy) is 3. The molecule has 1 atom stereocenters. The van der Waals surface area contributed by atoms with E-state index in [0.29, 0.717) is 11.5 Å². The topological polar surface area (TPSA) is 56.8 Å². The van der Waals surface area contributed by atoms with Gasteiger partial charge in [0.25, 0.3) is 0 Å². The van der Waals surface area contributed by atoms with Gasteiger partial charge in [-0.1, -0.05) is 6.07 Å². The third kappa shape index (κ3) is 2.55. The molecule has 0 radical (unpaired) electrons. The molecule has 1 aliphatic rings. The molecule has 17 heavy (non-hydrogen) atoms. The van der Waals surface area contributed by atoms with Crippen molar-refractivity contribution in [2.45, 2.75) is 6.04 Å². The van der Waals surface area contributed by atoms with Crippen molar-refractivity contribution in [3.05, 3.63) is 23.8 Å². The maximum Gasteiger partial charge on any atom is 0.407 e. The van der Waals surface area contributed by atoms with Crippen LogP contribution in [0.5, 0.6) is 11.5 Å². The van der Waals surface area contributed by atoms with Crippen molar-refractivity contribution in [3.8, 4) is 11.5 Å². The quantitative estimate of drug-likeness (QED) is 0.901. The van der Waals surface area contributed by atoms with Gasteiger partial charge < -0.3 is 19.5 Å². The van der Waals surface area contributed by atoms with Crippen LogP contribution in [0.15, 0.2) is 18.2 Å². The zero-order valence-corrected chi connectivity index (χ0v) is 10.4. The fraction of sp³-hybridized carbons (Fsp3) is 0.364. The van der Waals surface area contributed by atoms with Crippen molar-refractivity contribution >= 4 is 18.5 Å². The summed E-state index contributed by atoms with van der Waals surface area (Å²) in [4.78, 5) is 11.0. The van der Waals surface area contributed by atoms with Gasteiger partial charge in [-0.3, -0.25) is 0 Å². The van der Waals surface area contributed by atoms with E-state index in [1.165, 1.54) is 0 Å². The smallest absolute Gasteiger partial charge is 0.407 e. The van der Waals surface area contributed by atoms with Crippen molar-refractivity contribution in [1.82, 2.24) is 5.32 Å². The second kappa shape index (κ2) is 5.63. The van der Waals surface area contributed by atoms with Crippen molar-refractivity contribution in [2.24, 2.45) is 0 Å². The lowest BCUT2D eigenvalue weighted by Gasteiger charge is -2.16. The number of alkyl carbamates (subject to hydrolysis) is 1. The molecule has 1 amide bonds. The maximum absolute atomic E-state index is 11.0. The lowest BCUT2D eigenvalue weighted by molar-refractivity contribution is 0.176. The van der Waals surface area contributed by atoms with Crippen LogP contribution in [0.25, 0.3) is 0 Å². The number of benzene rings is 1. The Morgan fingerprint density at radius 3 is 2.29 bits per heavy atom. The van der Waals surface area contributed by atoms with Crippen LogP contribution in [0.4, 0.5) is 4.79 Å². The minimum absolute atomic E-state index is 0. The number of hydrogen-bond donors (Lipinski definition) is 1. The van der Waals surface area contributed by atoms with Gasteiger partial charge in [-0.15, -0.1) is 12.4 Å². The summed E-state index contributed by atoms with van der Waals surface area (Å²) in [7, 11) is 3.16. The molecule has 0 spiro atoms. The Morgan fingerprint density at radius 1 is 1.29 bits per heavy atom. The normalized spacial score (nSPS) is 17.8. The number of hydrogen-bond acceptors (Lipinski definition) is 4. The monoisotopic (exact) mass is 259 g/mol. The van der Waals surface area contributed by atoms with E-state index >= 15 is 0 Å². The number of amides is 1. The van der Waals surface area contributed by atoms with Gasteiger partial charge in [-0.25, -0.2) is 4.79 Å². The highest BCUT2D eigenvalue weighted by molar-refractivity contribution is 5.85. The molecular weight excluding hydrogens is 246 g/mol. The van der Waals surface area contributed by atoms with E-state index in [2.05, 4.69) is 5.32 Å². The predicted molar refractivity (Wildman–Crippen MR) is 64.0 cm³/mol. The number of rotatable bonds is 3. The van der Waals surface area contributed by atoms with Gasteiger partial charge in [0.05, 0.1) is 25.8 Å². The highest BCUT2D eigenvalue weighted by atomic mass is 35.5. The minimum atomic E-state index is -0.419. The number of carbonyl (C=O) groups is 1. The molecule has 5 nitrogen and oxygen atoms in total. The van der Waals surface area contributed by atoms with E-state index in [0.717, 1.165) is 5.56 Å². The predicted octanol–water partition coefficient (Wildman–Crippen LogP) is 1.91. The summed E-state index contributed by atoms with van der Waals surface area (Å²) >= 11 is 0. The Morgan fingerprint density at radius 2 is 1.88 bits per heavy atom. The van der Waals surface area contributed by atoms with E-state index in [4.69, 9.17) is 14.2 Å². The van der Waals surface area contributed by atoms with Gasteiger partial charge in [-0.05, 0) is 12.1 Å². The lowest BCUT2D eigenvalue weighted by Crippen LogP contribution is -2.19. The van der Waals surface area contributed by atoms with Crippen molar-refractivity contribution in [2.75, 3.05) is 20.8 Å². The largest absolute Gasteiger partial charge is 0.496 e. The Bertz CT molecular complexity index is 388. The molecule has 0 saturated carbocycles. The molecule has 94 valence electrons. The highest BCUT2D eigenvalue weighted by Gasteiger charge is 2.29. The Labute approximate surface area is 105 Å². The van der Waals surface area contributed by atoms with Crippen LogP contribution in [0.1, 0.15) is 11.6 Å². The molecule has 1 heterocycles. The summed E-state index contributed by atoms with van der Waals surface area (Å²) in [6.45, 7) is 0.287. The number of halogens is 1. The van der Waals surface area contributed by atoms with E-state index in [-0.39, 0.29) is 25.1 Å². The van der Waals surface area contributed by atoms with Crippen LogP contribution in [0, 0.1) is 0 Å². The molecule has 0 aliphatic carbocycles. The fourth-order valence-electron chi connectivity index (χ4n) is 1.76. The van der Waals surface area contributed by atoms with Gasteiger partial charge in [0, 0.05) is 0 Å².